The molecule has 0 heterocycles. The molecular formula is C22H26O4. The summed E-state index contributed by atoms with van der Waals surface area (Å²) in [5.41, 5.74) is 1.14. The summed E-state index contributed by atoms with van der Waals surface area (Å²) in [4.78, 5) is 23.1. The molecule has 2 fully saturated rings. The van der Waals surface area contributed by atoms with E-state index in [2.05, 4.69) is 32.2 Å². The first-order valence-corrected chi connectivity index (χ1v) is 9.14. The molecule has 2 bridgehead atoms. The van der Waals surface area contributed by atoms with E-state index < -0.39 is 0 Å². The Morgan fingerprint density at radius 2 is 1.69 bits per heavy atom. The number of rotatable bonds is 7. The van der Waals surface area contributed by atoms with Crippen LogP contribution in [0.2, 0.25) is 0 Å². The molecule has 138 valence electrons. The summed E-state index contributed by atoms with van der Waals surface area (Å²) in [6.45, 7) is 10.0. The second kappa shape index (κ2) is 7.48. The Balaban J connectivity index is 1.84. The van der Waals surface area contributed by atoms with Gasteiger partial charge < -0.3 is 9.47 Å². The minimum Gasteiger partial charge on any atom is -0.462 e. The van der Waals surface area contributed by atoms with E-state index in [0.717, 1.165) is 12.8 Å². The lowest BCUT2D eigenvalue weighted by molar-refractivity contribution is -0.143. The third-order valence-corrected chi connectivity index (χ3v) is 6.41. The summed E-state index contributed by atoms with van der Waals surface area (Å²) in [5.74, 6) is 0.672. The lowest BCUT2D eigenvalue weighted by atomic mass is 9.60. The Kier molecular flexibility index (Phi) is 5.30. The van der Waals surface area contributed by atoms with Crippen LogP contribution in [-0.2, 0) is 24.5 Å². The molecule has 0 amide bonds. The quantitative estimate of drug-likeness (QED) is 0.554. The van der Waals surface area contributed by atoms with Gasteiger partial charge in [-0.15, -0.1) is 0 Å². The van der Waals surface area contributed by atoms with E-state index in [1.807, 2.05) is 18.2 Å². The summed E-state index contributed by atoms with van der Waals surface area (Å²) in [5, 5.41) is 0. The molecule has 2 aliphatic carbocycles. The molecule has 3 rings (SSSR count). The Bertz CT molecular complexity index is 695. The van der Waals surface area contributed by atoms with Crippen molar-refractivity contribution in [2.75, 3.05) is 13.2 Å². The van der Waals surface area contributed by atoms with Crippen molar-refractivity contribution in [2.45, 2.75) is 25.2 Å². The van der Waals surface area contributed by atoms with Gasteiger partial charge >= 0.3 is 11.9 Å². The van der Waals surface area contributed by atoms with E-state index in [0.29, 0.717) is 31.0 Å². The van der Waals surface area contributed by atoms with E-state index in [-0.39, 0.29) is 23.3 Å². The van der Waals surface area contributed by atoms with Gasteiger partial charge in [-0.25, -0.2) is 9.59 Å². The van der Waals surface area contributed by atoms with E-state index in [1.54, 1.807) is 0 Å². The van der Waals surface area contributed by atoms with Gasteiger partial charge in [0.1, 0.15) is 0 Å². The predicted octanol–water partition coefficient (Wildman–Crippen LogP) is 3.67. The maximum Gasteiger partial charge on any atom is 0.330 e. The van der Waals surface area contributed by atoms with Crippen molar-refractivity contribution in [2.24, 2.45) is 23.7 Å². The van der Waals surface area contributed by atoms with Crippen LogP contribution in [0.25, 0.3) is 0 Å². The molecule has 0 N–H and O–H groups in total. The van der Waals surface area contributed by atoms with Crippen molar-refractivity contribution >= 4 is 11.9 Å². The largest absolute Gasteiger partial charge is 0.462 e. The van der Waals surface area contributed by atoms with Gasteiger partial charge in [0, 0.05) is 23.5 Å². The van der Waals surface area contributed by atoms with Crippen molar-refractivity contribution in [3.05, 3.63) is 61.2 Å². The van der Waals surface area contributed by atoms with Gasteiger partial charge in [-0.2, -0.15) is 0 Å². The van der Waals surface area contributed by atoms with Gasteiger partial charge in [0.15, 0.2) is 0 Å². The van der Waals surface area contributed by atoms with Crippen LogP contribution in [0.1, 0.15) is 25.3 Å². The molecule has 0 saturated heterocycles. The number of benzene rings is 1. The monoisotopic (exact) mass is 354 g/mol. The summed E-state index contributed by atoms with van der Waals surface area (Å²) in [6.07, 6.45) is 4.48. The van der Waals surface area contributed by atoms with Gasteiger partial charge in [-0.3, -0.25) is 0 Å². The lowest BCUT2D eigenvalue weighted by Crippen LogP contribution is -2.45. The lowest BCUT2D eigenvalue weighted by Gasteiger charge is -2.44. The number of carbonyl (C=O) groups is 2. The molecule has 0 aliphatic heterocycles. The SMILES string of the molecule is C=CC(=O)OCC1CC2CC1C(C)(c1ccccc1)C2COC(=O)C=C. The van der Waals surface area contributed by atoms with Crippen LogP contribution in [0.5, 0.6) is 0 Å². The maximum absolute atomic E-state index is 11.6. The molecule has 5 unspecified atom stereocenters. The van der Waals surface area contributed by atoms with Crippen LogP contribution < -0.4 is 0 Å². The highest BCUT2D eigenvalue weighted by Crippen LogP contribution is 2.62. The van der Waals surface area contributed by atoms with Crippen LogP contribution in [0, 0.1) is 23.7 Å². The molecule has 26 heavy (non-hydrogen) atoms. The number of fused-ring (bicyclic) bond motifs is 2. The number of carbonyl (C=O) groups excluding carboxylic acids is 2. The van der Waals surface area contributed by atoms with Crippen LogP contribution >= 0.6 is 0 Å². The molecule has 0 radical (unpaired) electrons. The fourth-order valence-electron chi connectivity index (χ4n) is 5.19. The first kappa shape index (κ1) is 18.4. The van der Waals surface area contributed by atoms with Crippen molar-refractivity contribution in [3.8, 4) is 0 Å². The molecule has 5 atom stereocenters. The molecule has 1 aromatic rings. The second-order valence-electron chi connectivity index (χ2n) is 7.52. The molecule has 1 aromatic carbocycles. The molecule has 0 spiro atoms. The smallest absolute Gasteiger partial charge is 0.330 e. The Labute approximate surface area is 154 Å². The molecular weight excluding hydrogens is 328 g/mol. The zero-order chi connectivity index (χ0) is 18.7. The van der Waals surface area contributed by atoms with Gasteiger partial charge in [-0.1, -0.05) is 50.4 Å². The minimum absolute atomic E-state index is 0.114. The van der Waals surface area contributed by atoms with Gasteiger partial charge in [-0.05, 0) is 36.2 Å². The highest BCUT2D eigenvalue weighted by Gasteiger charge is 2.60. The summed E-state index contributed by atoms with van der Waals surface area (Å²) in [6, 6.07) is 10.4. The first-order valence-electron chi connectivity index (χ1n) is 9.14. The van der Waals surface area contributed by atoms with Crippen LogP contribution in [0.4, 0.5) is 0 Å². The van der Waals surface area contributed by atoms with Crippen molar-refractivity contribution < 1.29 is 19.1 Å². The minimum atomic E-state index is -0.375. The van der Waals surface area contributed by atoms with E-state index in [4.69, 9.17) is 9.47 Å². The van der Waals surface area contributed by atoms with Gasteiger partial charge in [0.25, 0.3) is 0 Å². The Morgan fingerprint density at radius 1 is 1.08 bits per heavy atom. The molecule has 2 saturated carbocycles. The number of hydrogen-bond acceptors (Lipinski definition) is 4. The standard InChI is InChI=1S/C22H26O4/c1-4-20(23)25-13-16-11-15-12-18(16)22(3,17-9-7-6-8-10-17)19(15)14-26-21(24)5-2/h4-10,15-16,18-19H,1-2,11-14H2,3H3. The second-order valence-corrected chi connectivity index (χ2v) is 7.52. The highest BCUT2D eigenvalue weighted by molar-refractivity contribution is 5.81. The molecule has 0 aromatic heterocycles. The summed E-state index contributed by atoms with van der Waals surface area (Å²) in [7, 11) is 0. The molecule has 2 aliphatic rings. The third kappa shape index (κ3) is 3.20. The maximum atomic E-state index is 11.6. The van der Waals surface area contributed by atoms with Gasteiger partial charge in [0.2, 0.25) is 0 Å². The van der Waals surface area contributed by atoms with Crippen LogP contribution in [0.15, 0.2) is 55.6 Å². The first-order chi connectivity index (χ1) is 12.5. The van der Waals surface area contributed by atoms with Crippen LogP contribution in [0.3, 0.4) is 0 Å². The van der Waals surface area contributed by atoms with Crippen LogP contribution in [-0.4, -0.2) is 25.2 Å². The topological polar surface area (TPSA) is 52.6 Å². The summed E-state index contributed by atoms with van der Waals surface area (Å²) >= 11 is 0. The summed E-state index contributed by atoms with van der Waals surface area (Å²) < 4.78 is 10.8. The fraction of sp³-hybridized carbons (Fsp3) is 0.455. The highest BCUT2D eigenvalue weighted by atomic mass is 16.5. The van der Waals surface area contributed by atoms with E-state index in [1.165, 1.54) is 17.7 Å². The fourth-order valence-corrected chi connectivity index (χ4v) is 5.19. The number of esters is 2. The Morgan fingerprint density at radius 3 is 2.31 bits per heavy atom. The van der Waals surface area contributed by atoms with Crippen molar-refractivity contribution in [1.82, 2.24) is 0 Å². The Hall–Kier alpha value is -2.36. The average Bonchev–Trinajstić information content (AvgIpc) is 3.21. The zero-order valence-electron chi connectivity index (χ0n) is 15.2. The number of ether oxygens (including phenoxy) is 2. The third-order valence-electron chi connectivity index (χ3n) is 6.41. The zero-order valence-corrected chi connectivity index (χ0v) is 15.2. The number of hydrogen-bond donors (Lipinski definition) is 0. The van der Waals surface area contributed by atoms with E-state index >= 15 is 0 Å². The molecule has 4 nitrogen and oxygen atoms in total. The van der Waals surface area contributed by atoms with Crippen molar-refractivity contribution in [3.63, 3.8) is 0 Å². The molecule has 4 heteroatoms. The van der Waals surface area contributed by atoms with Gasteiger partial charge in [0.05, 0.1) is 13.2 Å². The van der Waals surface area contributed by atoms with E-state index in [9.17, 15) is 9.59 Å². The predicted molar refractivity (Wildman–Crippen MR) is 99.3 cm³/mol. The van der Waals surface area contributed by atoms with Crippen molar-refractivity contribution in [1.29, 1.82) is 0 Å². The normalized spacial score (nSPS) is 32.0. The average molecular weight is 354 g/mol.